The molecule has 1 aromatic carbocycles. The number of aromatic nitrogens is 1. The Kier molecular flexibility index (Phi) is 2.63. The third-order valence-electron chi connectivity index (χ3n) is 5.46. The lowest BCUT2D eigenvalue weighted by molar-refractivity contribution is -0.116. The maximum Gasteiger partial charge on any atom is 0.223 e. The van der Waals surface area contributed by atoms with E-state index in [2.05, 4.69) is 0 Å². The summed E-state index contributed by atoms with van der Waals surface area (Å²) in [5.74, 6) is 0.0878. The van der Waals surface area contributed by atoms with Crippen LogP contribution in [0.5, 0.6) is 11.8 Å². The van der Waals surface area contributed by atoms with Crippen LogP contribution in [0, 0.1) is 0 Å². The van der Waals surface area contributed by atoms with Crippen molar-refractivity contribution in [1.82, 2.24) is 4.57 Å². The molecule has 2 aromatic rings. The summed E-state index contributed by atoms with van der Waals surface area (Å²) in [5.41, 5.74) is 4.05. The summed E-state index contributed by atoms with van der Waals surface area (Å²) >= 11 is 0. The molecule has 0 radical (unpaired) electrons. The highest BCUT2D eigenvalue weighted by molar-refractivity contribution is 5.94. The van der Waals surface area contributed by atoms with Crippen LogP contribution in [0.1, 0.15) is 48.7 Å². The van der Waals surface area contributed by atoms with Gasteiger partial charge >= 0.3 is 0 Å². The predicted molar refractivity (Wildman–Crippen MR) is 86.6 cm³/mol. The molecule has 2 N–H and O–H groups in total. The van der Waals surface area contributed by atoms with Crippen LogP contribution >= 0.6 is 0 Å². The minimum Gasteiger partial charge on any atom is -0.494 e. The molecule has 4 heterocycles. The molecule has 3 aliphatic heterocycles. The van der Waals surface area contributed by atoms with Gasteiger partial charge in [0.25, 0.3) is 0 Å². The summed E-state index contributed by atoms with van der Waals surface area (Å²) in [4.78, 5) is 13.5. The first-order chi connectivity index (χ1) is 11.6. The molecule has 6 heteroatoms. The number of carbonyl (C=O) groups is 1. The molecule has 6 nitrogen and oxygen atoms in total. The van der Waals surface area contributed by atoms with E-state index in [4.69, 9.17) is 4.74 Å². The number of hydrogen-bond acceptors (Lipinski definition) is 4. The van der Waals surface area contributed by atoms with Gasteiger partial charge < -0.3 is 19.8 Å². The van der Waals surface area contributed by atoms with Crippen molar-refractivity contribution in [3.8, 4) is 17.4 Å². The van der Waals surface area contributed by atoms with Gasteiger partial charge in [0, 0.05) is 19.2 Å². The molecule has 0 aliphatic carbocycles. The van der Waals surface area contributed by atoms with Crippen molar-refractivity contribution < 1.29 is 19.7 Å². The first-order valence-electron chi connectivity index (χ1n) is 8.29. The number of aromatic hydroxyl groups is 2. The third kappa shape index (κ3) is 1.61. The minimum atomic E-state index is -0.125. The van der Waals surface area contributed by atoms with E-state index in [-0.39, 0.29) is 29.9 Å². The smallest absolute Gasteiger partial charge is 0.223 e. The van der Waals surface area contributed by atoms with E-state index in [1.807, 2.05) is 18.2 Å². The first kappa shape index (κ1) is 13.9. The monoisotopic (exact) mass is 326 g/mol. The van der Waals surface area contributed by atoms with Gasteiger partial charge in [0.2, 0.25) is 17.7 Å². The molecule has 0 unspecified atom stereocenters. The minimum absolute atomic E-state index is 0.000730. The van der Waals surface area contributed by atoms with Gasteiger partial charge in [0.05, 0.1) is 29.0 Å². The highest BCUT2D eigenvalue weighted by Crippen LogP contribution is 2.58. The molecule has 1 fully saturated rings. The Labute approximate surface area is 138 Å². The van der Waals surface area contributed by atoms with Gasteiger partial charge in [-0.3, -0.25) is 9.36 Å². The fourth-order valence-corrected chi connectivity index (χ4v) is 4.36. The van der Waals surface area contributed by atoms with Crippen LogP contribution in [-0.4, -0.2) is 27.2 Å². The average Bonchev–Trinajstić information content (AvgIpc) is 3.30. The zero-order valence-corrected chi connectivity index (χ0v) is 13.3. The highest BCUT2D eigenvalue weighted by atomic mass is 16.5. The SMILES string of the molecule is CC(=O)N1CCc2ccc(-n3c(O)c4c(c3O)[C@H]3CC[C@@H]4O3)cc21. The highest BCUT2D eigenvalue weighted by Gasteiger charge is 2.45. The number of ether oxygens (including phenoxy) is 1. The summed E-state index contributed by atoms with van der Waals surface area (Å²) < 4.78 is 7.24. The number of anilines is 1. The summed E-state index contributed by atoms with van der Waals surface area (Å²) in [7, 11) is 0. The summed E-state index contributed by atoms with van der Waals surface area (Å²) in [6.07, 6.45) is 2.32. The molecular weight excluding hydrogens is 308 g/mol. The van der Waals surface area contributed by atoms with Crippen molar-refractivity contribution in [2.24, 2.45) is 0 Å². The number of fused-ring (bicyclic) bond motifs is 6. The molecule has 3 aliphatic rings. The summed E-state index contributed by atoms with van der Waals surface area (Å²) in [6.45, 7) is 2.22. The Balaban J connectivity index is 1.67. The Morgan fingerprint density at radius 2 is 1.83 bits per heavy atom. The van der Waals surface area contributed by atoms with Crippen molar-refractivity contribution in [3.05, 3.63) is 34.9 Å². The van der Waals surface area contributed by atoms with Crippen LogP contribution in [0.2, 0.25) is 0 Å². The summed E-state index contributed by atoms with van der Waals surface area (Å²) in [6, 6.07) is 5.70. The normalized spacial score (nSPS) is 23.6. The Morgan fingerprint density at radius 3 is 2.46 bits per heavy atom. The largest absolute Gasteiger partial charge is 0.494 e. The number of amides is 1. The second-order valence-corrected chi connectivity index (χ2v) is 6.73. The molecule has 0 spiro atoms. The summed E-state index contributed by atoms with van der Waals surface area (Å²) in [5, 5.41) is 21.3. The van der Waals surface area contributed by atoms with Gasteiger partial charge in [-0.15, -0.1) is 0 Å². The van der Waals surface area contributed by atoms with E-state index in [1.165, 1.54) is 4.57 Å². The Bertz CT molecular complexity index is 852. The fraction of sp³-hybridized carbons (Fsp3) is 0.389. The number of carbonyl (C=O) groups excluding carboxylic acids is 1. The lowest BCUT2D eigenvalue weighted by Crippen LogP contribution is -2.25. The van der Waals surface area contributed by atoms with Gasteiger partial charge in [-0.1, -0.05) is 6.07 Å². The Hall–Kier alpha value is -2.47. The van der Waals surface area contributed by atoms with Crippen LogP contribution in [-0.2, 0) is 16.0 Å². The van der Waals surface area contributed by atoms with Crippen molar-refractivity contribution in [1.29, 1.82) is 0 Å². The second kappa shape index (κ2) is 4.54. The van der Waals surface area contributed by atoms with E-state index in [1.54, 1.807) is 11.8 Å². The van der Waals surface area contributed by atoms with Gasteiger partial charge in [0.15, 0.2) is 0 Å². The molecule has 1 saturated heterocycles. The van der Waals surface area contributed by atoms with Crippen LogP contribution in [0.25, 0.3) is 5.69 Å². The van der Waals surface area contributed by atoms with E-state index >= 15 is 0 Å². The molecule has 24 heavy (non-hydrogen) atoms. The maximum atomic E-state index is 11.8. The molecule has 5 rings (SSSR count). The molecule has 124 valence electrons. The maximum absolute atomic E-state index is 11.8. The van der Waals surface area contributed by atoms with Crippen LogP contribution in [0.3, 0.4) is 0 Å². The second-order valence-electron chi connectivity index (χ2n) is 6.73. The first-order valence-corrected chi connectivity index (χ1v) is 8.29. The van der Waals surface area contributed by atoms with E-state index < -0.39 is 0 Å². The number of nitrogens with zero attached hydrogens (tertiary/aromatic N) is 2. The van der Waals surface area contributed by atoms with E-state index in [0.717, 1.165) is 30.5 Å². The van der Waals surface area contributed by atoms with Crippen LogP contribution in [0.4, 0.5) is 5.69 Å². The standard InChI is InChI=1S/C18H18N2O4/c1-9(21)19-7-6-10-2-3-11(8-12(10)19)20-17(22)15-13-4-5-14(24-13)16(15)18(20)23/h2-3,8,13-14,22-23H,4-7H2,1H3/t13-,14+. The van der Waals surface area contributed by atoms with Gasteiger partial charge in [0.1, 0.15) is 0 Å². The number of rotatable bonds is 1. The topological polar surface area (TPSA) is 74.9 Å². The number of hydrogen-bond donors (Lipinski definition) is 2. The average molecular weight is 326 g/mol. The van der Waals surface area contributed by atoms with Gasteiger partial charge in [-0.2, -0.15) is 0 Å². The predicted octanol–water partition coefficient (Wildman–Crippen LogP) is 2.70. The quantitative estimate of drug-likeness (QED) is 0.845. The van der Waals surface area contributed by atoms with Crippen LogP contribution in [0.15, 0.2) is 18.2 Å². The van der Waals surface area contributed by atoms with Crippen molar-refractivity contribution in [2.75, 3.05) is 11.4 Å². The lowest BCUT2D eigenvalue weighted by atomic mass is 9.95. The lowest BCUT2D eigenvalue weighted by Gasteiger charge is -2.17. The van der Waals surface area contributed by atoms with Crippen molar-refractivity contribution in [3.63, 3.8) is 0 Å². The van der Waals surface area contributed by atoms with Crippen molar-refractivity contribution in [2.45, 2.75) is 38.4 Å². The molecule has 2 bridgehead atoms. The van der Waals surface area contributed by atoms with E-state index in [9.17, 15) is 15.0 Å². The molecule has 0 saturated carbocycles. The van der Waals surface area contributed by atoms with Gasteiger partial charge in [-0.25, -0.2) is 0 Å². The molecule has 2 atom stereocenters. The molecule has 1 amide bonds. The Morgan fingerprint density at radius 1 is 1.17 bits per heavy atom. The number of benzene rings is 1. The zero-order chi connectivity index (χ0) is 16.6. The van der Waals surface area contributed by atoms with Crippen LogP contribution < -0.4 is 4.90 Å². The molecule has 1 aromatic heterocycles. The third-order valence-corrected chi connectivity index (χ3v) is 5.46. The zero-order valence-electron chi connectivity index (χ0n) is 13.3. The fourth-order valence-electron chi connectivity index (χ4n) is 4.36. The van der Waals surface area contributed by atoms with E-state index in [0.29, 0.717) is 23.4 Å². The molecular formula is C18H18N2O4. The van der Waals surface area contributed by atoms with Crippen molar-refractivity contribution >= 4 is 11.6 Å². The van der Waals surface area contributed by atoms with Gasteiger partial charge in [-0.05, 0) is 37.0 Å².